The maximum absolute atomic E-state index is 6.39. The molecule has 0 aliphatic heterocycles. The highest BCUT2D eigenvalue weighted by atomic mass is 79.9. The number of nitrogens with zero attached hydrogens (tertiary/aromatic N) is 2. The highest BCUT2D eigenvalue weighted by molar-refractivity contribution is 9.10. The number of benzene rings is 1. The number of rotatable bonds is 1. The molecule has 1 aliphatic carbocycles. The summed E-state index contributed by atoms with van der Waals surface area (Å²) >= 11 is 9.98. The highest BCUT2D eigenvalue weighted by Crippen LogP contribution is 2.31. The van der Waals surface area contributed by atoms with E-state index in [2.05, 4.69) is 40.0 Å². The first-order valence-corrected chi connectivity index (χ1v) is 8.14. The Morgan fingerprint density at radius 3 is 2.70 bits per heavy atom. The summed E-state index contributed by atoms with van der Waals surface area (Å²) < 4.78 is 1.02. The molecule has 0 radical (unpaired) electrons. The standard InChI is InChI=1S/C16H16BrClN2/c1-10-7-8-11(13(17)9-10)16-19-14-6-4-2-3-5-12(14)15(18)20-16/h7-9H,2-6H2,1H3. The summed E-state index contributed by atoms with van der Waals surface area (Å²) in [7, 11) is 0. The lowest BCUT2D eigenvalue weighted by atomic mass is 10.1. The molecular formula is C16H16BrClN2. The van der Waals surface area contributed by atoms with Crippen LogP contribution in [0.25, 0.3) is 11.4 Å². The van der Waals surface area contributed by atoms with Gasteiger partial charge in [-0.25, -0.2) is 9.97 Å². The first-order chi connectivity index (χ1) is 9.65. The van der Waals surface area contributed by atoms with Crippen LogP contribution in [-0.4, -0.2) is 9.97 Å². The van der Waals surface area contributed by atoms with Crippen molar-refractivity contribution < 1.29 is 0 Å². The van der Waals surface area contributed by atoms with Crippen LogP contribution in [0.2, 0.25) is 5.15 Å². The zero-order valence-corrected chi connectivity index (χ0v) is 13.8. The quantitative estimate of drug-likeness (QED) is 0.525. The molecule has 0 fully saturated rings. The van der Waals surface area contributed by atoms with Crippen molar-refractivity contribution in [3.8, 4) is 11.4 Å². The van der Waals surface area contributed by atoms with E-state index in [4.69, 9.17) is 16.6 Å². The van der Waals surface area contributed by atoms with Gasteiger partial charge in [0.25, 0.3) is 0 Å². The Hall–Kier alpha value is -0.930. The molecule has 0 N–H and O–H groups in total. The van der Waals surface area contributed by atoms with E-state index in [-0.39, 0.29) is 0 Å². The molecule has 0 saturated carbocycles. The molecule has 3 rings (SSSR count). The van der Waals surface area contributed by atoms with Crippen LogP contribution < -0.4 is 0 Å². The van der Waals surface area contributed by atoms with E-state index < -0.39 is 0 Å². The molecule has 1 aliphatic rings. The Kier molecular flexibility index (Phi) is 4.08. The number of aromatic nitrogens is 2. The van der Waals surface area contributed by atoms with Crippen molar-refractivity contribution in [1.82, 2.24) is 9.97 Å². The van der Waals surface area contributed by atoms with E-state index in [0.717, 1.165) is 40.0 Å². The van der Waals surface area contributed by atoms with E-state index in [1.165, 1.54) is 24.8 Å². The molecule has 4 heteroatoms. The van der Waals surface area contributed by atoms with Crippen molar-refractivity contribution in [2.45, 2.75) is 39.0 Å². The third-order valence-electron chi connectivity index (χ3n) is 3.75. The molecule has 0 atom stereocenters. The Morgan fingerprint density at radius 1 is 1.10 bits per heavy atom. The molecule has 1 aromatic carbocycles. The van der Waals surface area contributed by atoms with Crippen LogP contribution in [0.15, 0.2) is 22.7 Å². The molecule has 1 aromatic heterocycles. The van der Waals surface area contributed by atoms with Gasteiger partial charge in [-0.2, -0.15) is 0 Å². The van der Waals surface area contributed by atoms with Crippen molar-refractivity contribution in [3.63, 3.8) is 0 Å². The molecule has 104 valence electrons. The number of aryl methyl sites for hydroxylation is 2. The van der Waals surface area contributed by atoms with Crippen molar-refractivity contribution in [1.29, 1.82) is 0 Å². The van der Waals surface area contributed by atoms with Gasteiger partial charge in [-0.05, 0) is 50.3 Å². The predicted octanol–water partition coefficient (Wildman–Crippen LogP) is 5.14. The van der Waals surface area contributed by atoms with Crippen LogP contribution >= 0.6 is 27.5 Å². The second kappa shape index (κ2) is 5.82. The van der Waals surface area contributed by atoms with Gasteiger partial charge in [0.15, 0.2) is 5.82 Å². The highest BCUT2D eigenvalue weighted by Gasteiger charge is 2.17. The zero-order valence-electron chi connectivity index (χ0n) is 11.4. The predicted molar refractivity (Wildman–Crippen MR) is 86.2 cm³/mol. The minimum absolute atomic E-state index is 0.624. The van der Waals surface area contributed by atoms with Gasteiger partial charge in [-0.3, -0.25) is 0 Å². The molecule has 20 heavy (non-hydrogen) atoms. The Bertz CT molecular complexity index is 655. The van der Waals surface area contributed by atoms with Crippen LogP contribution in [0.1, 0.15) is 36.1 Å². The summed E-state index contributed by atoms with van der Waals surface area (Å²) in [5.74, 6) is 0.725. The van der Waals surface area contributed by atoms with E-state index >= 15 is 0 Å². The van der Waals surface area contributed by atoms with Crippen molar-refractivity contribution >= 4 is 27.5 Å². The zero-order chi connectivity index (χ0) is 14.1. The summed E-state index contributed by atoms with van der Waals surface area (Å²) in [4.78, 5) is 9.28. The topological polar surface area (TPSA) is 25.8 Å². The second-order valence-electron chi connectivity index (χ2n) is 5.31. The van der Waals surface area contributed by atoms with Gasteiger partial charge >= 0.3 is 0 Å². The summed E-state index contributed by atoms with van der Waals surface area (Å²) in [6, 6.07) is 6.20. The average molecular weight is 352 g/mol. The van der Waals surface area contributed by atoms with Gasteiger partial charge in [0.2, 0.25) is 0 Å². The van der Waals surface area contributed by atoms with E-state index in [1.54, 1.807) is 0 Å². The van der Waals surface area contributed by atoms with Crippen LogP contribution in [0.3, 0.4) is 0 Å². The Labute approximate surface area is 132 Å². The number of fused-ring (bicyclic) bond motifs is 1. The Morgan fingerprint density at radius 2 is 1.90 bits per heavy atom. The molecule has 2 nitrogen and oxygen atoms in total. The minimum atomic E-state index is 0.624. The lowest BCUT2D eigenvalue weighted by Crippen LogP contribution is -2.02. The lowest BCUT2D eigenvalue weighted by Gasteiger charge is -2.11. The molecule has 0 unspecified atom stereocenters. The second-order valence-corrected chi connectivity index (χ2v) is 6.52. The van der Waals surface area contributed by atoms with Gasteiger partial charge in [-0.1, -0.05) is 40.0 Å². The normalized spacial score (nSPS) is 14.8. The molecule has 0 saturated heterocycles. The van der Waals surface area contributed by atoms with Crippen molar-refractivity contribution in [2.24, 2.45) is 0 Å². The fourth-order valence-corrected chi connectivity index (χ4v) is 3.60. The van der Waals surface area contributed by atoms with E-state index in [0.29, 0.717) is 5.15 Å². The van der Waals surface area contributed by atoms with Gasteiger partial charge in [0.1, 0.15) is 5.15 Å². The first-order valence-electron chi connectivity index (χ1n) is 6.97. The number of halogens is 2. The maximum atomic E-state index is 6.39. The summed E-state index contributed by atoms with van der Waals surface area (Å²) in [6.45, 7) is 2.07. The molecule has 1 heterocycles. The third-order valence-corrected chi connectivity index (χ3v) is 4.72. The van der Waals surface area contributed by atoms with Crippen LogP contribution in [0, 0.1) is 6.92 Å². The van der Waals surface area contributed by atoms with Crippen LogP contribution in [0.4, 0.5) is 0 Å². The molecule has 2 aromatic rings. The number of hydrogen-bond donors (Lipinski definition) is 0. The van der Waals surface area contributed by atoms with E-state index in [1.807, 2.05) is 6.07 Å². The van der Waals surface area contributed by atoms with Crippen molar-refractivity contribution in [2.75, 3.05) is 0 Å². The SMILES string of the molecule is Cc1ccc(-c2nc(Cl)c3c(n2)CCCCC3)c(Br)c1. The summed E-state index contributed by atoms with van der Waals surface area (Å²) in [5, 5.41) is 0.624. The lowest BCUT2D eigenvalue weighted by molar-refractivity contribution is 0.709. The fraction of sp³-hybridized carbons (Fsp3) is 0.375. The fourth-order valence-electron chi connectivity index (χ4n) is 2.65. The van der Waals surface area contributed by atoms with Gasteiger partial charge < -0.3 is 0 Å². The average Bonchev–Trinajstić information content (AvgIpc) is 2.64. The largest absolute Gasteiger partial charge is 0.233 e. The third kappa shape index (κ3) is 2.75. The van der Waals surface area contributed by atoms with E-state index in [9.17, 15) is 0 Å². The monoisotopic (exact) mass is 350 g/mol. The first kappa shape index (κ1) is 14.0. The van der Waals surface area contributed by atoms with Gasteiger partial charge in [0.05, 0.1) is 0 Å². The summed E-state index contributed by atoms with van der Waals surface area (Å²) in [5.41, 5.74) is 4.49. The van der Waals surface area contributed by atoms with Crippen LogP contribution in [-0.2, 0) is 12.8 Å². The molecule has 0 amide bonds. The molecule has 0 spiro atoms. The van der Waals surface area contributed by atoms with Crippen molar-refractivity contribution in [3.05, 3.63) is 44.6 Å². The summed E-state index contributed by atoms with van der Waals surface area (Å²) in [6.07, 6.45) is 5.63. The van der Waals surface area contributed by atoms with Crippen LogP contribution in [0.5, 0.6) is 0 Å². The maximum Gasteiger partial charge on any atom is 0.162 e. The molecular weight excluding hydrogens is 336 g/mol. The van der Waals surface area contributed by atoms with Gasteiger partial charge in [0, 0.05) is 21.3 Å². The smallest absolute Gasteiger partial charge is 0.162 e. The number of hydrogen-bond acceptors (Lipinski definition) is 2. The Balaban J connectivity index is 2.11. The minimum Gasteiger partial charge on any atom is -0.233 e. The molecule has 0 bridgehead atoms. The van der Waals surface area contributed by atoms with Gasteiger partial charge in [-0.15, -0.1) is 0 Å².